The second-order valence-corrected chi connectivity index (χ2v) is 5.00. The van der Waals surface area contributed by atoms with E-state index in [1.54, 1.807) is 23.1 Å². The highest BCUT2D eigenvalue weighted by Crippen LogP contribution is 2.22. The average molecular weight is 293 g/mol. The molecule has 4 N–H and O–H groups in total. The summed E-state index contributed by atoms with van der Waals surface area (Å²) in [6, 6.07) is 7.22. The third kappa shape index (κ3) is 5.72. The van der Waals surface area contributed by atoms with Gasteiger partial charge in [-0.25, -0.2) is 0 Å². The van der Waals surface area contributed by atoms with Gasteiger partial charge in [0.25, 0.3) is 0 Å². The summed E-state index contributed by atoms with van der Waals surface area (Å²) >= 11 is 0. The van der Waals surface area contributed by atoms with Gasteiger partial charge in [-0.15, -0.1) is 0 Å². The normalized spacial score (nSPS) is 11.7. The summed E-state index contributed by atoms with van der Waals surface area (Å²) in [5.41, 5.74) is 7.12. The summed E-state index contributed by atoms with van der Waals surface area (Å²) < 4.78 is 0. The molecule has 1 rings (SSSR count). The maximum atomic E-state index is 12.0. The van der Waals surface area contributed by atoms with Crippen molar-refractivity contribution < 1.29 is 14.7 Å². The van der Waals surface area contributed by atoms with E-state index in [0.29, 0.717) is 11.4 Å². The monoisotopic (exact) mass is 293 g/mol. The second-order valence-electron chi connectivity index (χ2n) is 5.00. The van der Waals surface area contributed by atoms with Gasteiger partial charge >= 0.3 is 5.97 Å². The molecule has 1 atom stereocenters. The molecule has 0 aliphatic heterocycles. The van der Waals surface area contributed by atoms with Crippen molar-refractivity contribution in [1.82, 2.24) is 5.32 Å². The zero-order valence-corrected chi connectivity index (χ0v) is 12.5. The van der Waals surface area contributed by atoms with Crippen molar-refractivity contribution in [2.75, 3.05) is 23.7 Å². The Balaban J connectivity index is 2.80. The van der Waals surface area contributed by atoms with E-state index in [0.717, 1.165) is 6.42 Å². The van der Waals surface area contributed by atoms with E-state index in [1.807, 2.05) is 19.9 Å². The van der Waals surface area contributed by atoms with Crippen molar-refractivity contribution in [2.45, 2.75) is 32.7 Å². The van der Waals surface area contributed by atoms with Crippen molar-refractivity contribution >= 4 is 23.3 Å². The van der Waals surface area contributed by atoms with E-state index in [9.17, 15) is 9.59 Å². The van der Waals surface area contributed by atoms with Crippen molar-refractivity contribution in [2.24, 2.45) is 0 Å². The molecule has 1 unspecified atom stereocenters. The van der Waals surface area contributed by atoms with Gasteiger partial charge in [0.2, 0.25) is 5.91 Å². The van der Waals surface area contributed by atoms with Gasteiger partial charge in [-0.2, -0.15) is 0 Å². The smallest absolute Gasteiger partial charge is 0.305 e. The van der Waals surface area contributed by atoms with Crippen LogP contribution < -0.4 is 16.0 Å². The minimum absolute atomic E-state index is 0.0506. The zero-order chi connectivity index (χ0) is 15.8. The fourth-order valence-corrected chi connectivity index (χ4v) is 1.89. The number of carbonyl (C=O) groups is 2. The van der Waals surface area contributed by atoms with Gasteiger partial charge in [0.1, 0.15) is 0 Å². The number of nitrogens with zero attached hydrogens (tertiary/aromatic N) is 1. The van der Waals surface area contributed by atoms with Crippen molar-refractivity contribution in [3.8, 4) is 0 Å². The molecule has 6 nitrogen and oxygen atoms in total. The first-order chi connectivity index (χ1) is 9.93. The molecule has 0 heterocycles. The van der Waals surface area contributed by atoms with E-state index in [2.05, 4.69) is 5.32 Å². The minimum atomic E-state index is -0.906. The van der Waals surface area contributed by atoms with Crippen LogP contribution in [-0.2, 0) is 9.59 Å². The Morgan fingerprint density at radius 1 is 1.38 bits per heavy atom. The lowest BCUT2D eigenvalue weighted by molar-refractivity contribution is -0.136. The lowest BCUT2D eigenvalue weighted by Crippen LogP contribution is -2.41. The molecule has 1 aromatic carbocycles. The number of benzene rings is 1. The molecule has 21 heavy (non-hydrogen) atoms. The largest absolute Gasteiger partial charge is 0.481 e. The maximum Gasteiger partial charge on any atom is 0.305 e. The van der Waals surface area contributed by atoms with Gasteiger partial charge in [-0.05, 0) is 25.5 Å². The Morgan fingerprint density at radius 2 is 2.05 bits per heavy atom. The number of hydrogen-bond donors (Lipinski definition) is 3. The molecule has 0 fully saturated rings. The van der Waals surface area contributed by atoms with E-state index in [4.69, 9.17) is 10.8 Å². The van der Waals surface area contributed by atoms with Crippen LogP contribution in [0.15, 0.2) is 24.3 Å². The van der Waals surface area contributed by atoms with Crippen LogP contribution >= 0.6 is 0 Å². The average Bonchev–Trinajstić information content (AvgIpc) is 2.43. The number of rotatable bonds is 8. The summed E-state index contributed by atoms with van der Waals surface area (Å²) in [5.74, 6) is -1.05. The first-order valence-electron chi connectivity index (χ1n) is 7.04. The van der Waals surface area contributed by atoms with Crippen molar-refractivity contribution in [1.29, 1.82) is 0 Å². The lowest BCUT2D eigenvalue weighted by atomic mass is 10.2. The first kappa shape index (κ1) is 16.8. The highest BCUT2D eigenvalue weighted by Gasteiger charge is 2.16. The lowest BCUT2D eigenvalue weighted by Gasteiger charge is -2.25. The van der Waals surface area contributed by atoms with Crippen molar-refractivity contribution in [3.05, 3.63) is 24.3 Å². The van der Waals surface area contributed by atoms with Crippen LogP contribution in [0.5, 0.6) is 0 Å². The third-order valence-corrected chi connectivity index (χ3v) is 3.23. The molecule has 0 bridgehead atoms. The summed E-state index contributed by atoms with van der Waals surface area (Å²) in [5, 5.41) is 11.7. The van der Waals surface area contributed by atoms with E-state index < -0.39 is 5.97 Å². The fraction of sp³-hybridized carbons (Fsp3) is 0.467. The Hall–Kier alpha value is -2.24. The van der Waals surface area contributed by atoms with Crippen LogP contribution in [0.4, 0.5) is 11.4 Å². The quantitative estimate of drug-likeness (QED) is 0.631. The topological polar surface area (TPSA) is 95.7 Å². The Labute approximate surface area is 124 Å². The van der Waals surface area contributed by atoms with E-state index in [1.165, 1.54) is 0 Å². The highest BCUT2D eigenvalue weighted by molar-refractivity contribution is 5.83. The number of para-hydroxylation sites is 2. The Kier molecular flexibility index (Phi) is 6.52. The van der Waals surface area contributed by atoms with Crippen LogP contribution in [0.3, 0.4) is 0 Å². The molecule has 1 amide bonds. The van der Waals surface area contributed by atoms with Gasteiger partial charge in [-0.3, -0.25) is 9.59 Å². The van der Waals surface area contributed by atoms with Crippen LogP contribution in [0, 0.1) is 0 Å². The number of amides is 1. The molecule has 0 radical (unpaired) electrons. The molecular formula is C15H23N3O3. The van der Waals surface area contributed by atoms with Crippen LogP contribution in [0.25, 0.3) is 0 Å². The first-order valence-corrected chi connectivity index (χ1v) is 7.04. The van der Waals surface area contributed by atoms with Gasteiger partial charge < -0.3 is 21.1 Å². The molecule has 0 saturated heterocycles. The number of nitrogens with one attached hydrogen (secondary N) is 1. The molecule has 0 saturated carbocycles. The minimum Gasteiger partial charge on any atom is -0.481 e. The van der Waals surface area contributed by atoms with Gasteiger partial charge in [0.05, 0.1) is 24.3 Å². The fourth-order valence-electron chi connectivity index (χ4n) is 1.89. The molecule has 1 aromatic rings. The predicted octanol–water partition coefficient (Wildman–Crippen LogP) is 1.46. The summed E-state index contributed by atoms with van der Waals surface area (Å²) in [6.45, 7) is 4.24. The van der Waals surface area contributed by atoms with Gasteiger partial charge in [-0.1, -0.05) is 19.1 Å². The third-order valence-electron chi connectivity index (χ3n) is 3.23. The standard InChI is InChI=1S/C15H23N3O3/c1-3-11(2)17-14(19)10-18(9-8-15(20)21)13-7-5-4-6-12(13)16/h4-7,11H,3,8-10,16H2,1-2H3,(H,17,19)(H,20,21). The zero-order valence-electron chi connectivity index (χ0n) is 12.5. The van der Waals surface area contributed by atoms with Crippen molar-refractivity contribution in [3.63, 3.8) is 0 Å². The molecule has 6 heteroatoms. The number of carbonyl (C=O) groups excluding carboxylic acids is 1. The van der Waals surface area contributed by atoms with E-state index >= 15 is 0 Å². The van der Waals surface area contributed by atoms with Crippen LogP contribution in [-0.4, -0.2) is 36.1 Å². The maximum absolute atomic E-state index is 12.0. The van der Waals surface area contributed by atoms with E-state index in [-0.39, 0.29) is 31.5 Å². The number of nitrogens with two attached hydrogens (primary N) is 1. The number of anilines is 2. The summed E-state index contributed by atoms with van der Waals surface area (Å²) in [7, 11) is 0. The number of nitrogen functional groups attached to an aromatic ring is 1. The Bertz CT molecular complexity index is 491. The summed E-state index contributed by atoms with van der Waals surface area (Å²) in [4.78, 5) is 24.5. The molecular weight excluding hydrogens is 270 g/mol. The second kappa shape index (κ2) is 8.14. The Morgan fingerprint density at radius 3 is 2.62 bits per heavy atom. The number of aliphatic carboxylic acids is 1. The van der Waals surface area contributed by atoms with Gasteiger partial charge in [0, 0.05) is 12.6 Å². The molecule has 0 spiro atoms. The highest BCUT2D eigenvalue weighted by atomic mass is 16.4. The predicted molar refractivity (Wildman–Crippen MR) is 83.2 cm³/mol. The summed E-state index contributed by atoms with van der Waals surface area (Å²) in [6.07, 6.45) is 0.791. The molecule has 0 aromatic heterocycles. The number of carboxylic acid groups (broad SMARTS) is 1. The number of hydrogen-bond acceptors (Lipinski definition) is 4. The molecule has 0 aliphatic carbocycles. The SMILES string of the molecule is CCC(C)NC(=O)CN(CCC(=O)O)c1ccccc1N. The van der Waals surface area contributed by atoms with Gasteiger partial charge in [0.15, 0.2) is 0 Å². The molecule has 0 aliphatic rings. The van der Waals surface area contributed by atoms with Crippen LogP contribution in [0.1, 0.15) is 26.7 Å². The molecule has 116 valence electrons. The van der Waals surface area contributed by atoms with Crippen LogP contribution in [0.2, 0.25) is 0 Å². The number of carboxylic acids is 1.